The van der Waals surface area contributed by atoms with E-state index in [-0.39, 0.29) is 59.6 Å². The number of aliphatic carboxylic acids is 1. The minimum atomic E-state index is -1.09. The summed E-state index contributed by atoms with van der Waals surface area (Å²) in [5.41, 5.74) is 0.338. The smallest absolute Gasteiger partial charge is 1.00 e. The quantitative estimate of drug-likeness (QED) is 0.582. The van der Waals surface area contributed by atoms with Gasteiger partial charge in [-0.15, -0.1) is 0 Å². The fourth-order valence-corrected chi connectivity index (χ4v) is 1.30. The van der Waals surface area contributed by atoms with E-state index in [0.29, 0.717) is 17.1 Å². The Morgan fingerprint density at radius 1 is 1.35 bits per heavy atom. The monoisotopic (exact) mass is 263 g/mol. The molecule has 0 spiro atoms. The van der Waals surface area contributed by atoms with Crippen LogP contribution >= 0.6 is 0 Å². The van der Waals surface area contributed by atoms with Crippen LogP contribution in [0.3, 0.4) is 0 Å². The molecule has 0 saturated carbocycles. The molecular weight excluding hydrogens is 253 g/mol. The van der Waals surface area contributed by atoms with E-state index in [1.54, 1.807) is 12.1 Å². The van der Waals surface area contributed by atoms with E-state index in [9.17, 15) is 9.59 Å². The standard InChI is InChI=1S/C10H9NO5.K.H/c12-9(13)4-11-10(14)6-1-2-7-8(3-6)16-5-15-7;;/h1-3H,4-5H2,(H,11,14)(H,12,13);;/q;+1;-1. The topological polar surface area (TPSA) is 84.9 Å². The summed E-state index contributed by atoms with van der Waals surface area (Å²) in [7, 11) is 0. The van der Waals surface area contributed by atoms with Gasteiger partial charge in [-0.2, -0.15) is 0 Å². The normalized spacial score (nSPS) is 11.5. The maximum absolute atomic E-state index is 11.5. The van der Waals surface area contributed by atoms with E-state index in [2.05, 4.69) is 5.32 Å². The van der Waals surface area contributed by atoms with Crippen molar-refractivity contribution in [2.75, 3.05) is 13.3 Å². The molecule has 1 amide bonds. The Morgan fingerprint density at radius 3 is 2.76 bits per heavy atom. The molecule has 0 aromatic heterocycles. The Morgan fingerprint density at radius 2 is 2.06 bits per heavy atom. The number of carboxylic acids is 1. The molecule has 1 aromatic rings. The number of amides is 1. The number of carbonyl (C=O) groups excluding carboxylic acids is 1. The number of benzene rings is 1. The van der Waals surface area contributed by atoms with Gasteiger partial charge in [-0.05, 0) is 18.2 Å². The van der Waals surface area contributed by atoms with Gasteiger partial charge >= 0.3 is 57.4 Å². The molecule has 6 nitrogen and oxygen atoms in total. The molecular formula is C10H10KNO5. The first kappa shape index (κ1) is 14.5. The van der Waals surface area contributed by atoms with E-state index in [1.807, 2.05) is 0 Å². The van der Waals surface area contributed by atoms with Crippen molar-refractivity contribution in [1.82, 2.24) is 5.32 Å². The molecule has 1 heterocycles. The van der Waals surface area contributed by atoms with Crippen LogP contribution in [0.4, 0.5) is 0 Å². The first-order valence-corrected chi connectivity index (χ1v) is 4.56. The van der Waals surface area contributed by atoms with E-state index in [0.717, 1.165) is 0 Å². The molecule has 7 heteroatoms. The summed E-state index contributed by atoms with van der Waals surface area (Å²) >= 11 is 0. The summed E-state index contributed by atoms with van der Waals surface area (Å²) in [5, 5.41) is 10.7. The number of ether oxygens (including phenoxy) is 2. The third-order valence-corrected chi connectivity index (χ3v) is 2.03. The van der Waals surface area contributed by atoms with Crippen LogP contribution in [0.25, 0.3) is 0 Å². The number of carbonyl (C=O) groups is 2. The maximum atomic E-state index is 11.5. The molecule has 0 fully saturated rings. The molecule has 86 valence electrons. The zero-order valence-corrected chi connectivity index (χ0v) is 12.3. The van der Waals surface area contributed by atoms with Gasteiger partial charge in [-0.25, -0.2) is 0 Å². The third kappa shape index (κ3) is 3.68. The van der Waals surface area contributed by atoms with Crippen molar-refractivity contribution in [3.8, 4) is 11.5 Å². The van der Waals surface area contributed by atoms with Crippen molar-refractivity contribution in [2.45, 2.75) is 0 Å². The van der Waals surface area contributed by atoms with Gasteiger partial charge in [0.25, 0.3) is 5.91 Å². The van der Waals surface area contributed by atoms with Crippen molar-refractivity contribution in [3.63, 3.8) is 0 Å². The molecule has 1 aliphatic rings. The first-order chi connectivity index (χ1) is 7.66. The molecule has 17 heavy (non-hydrogen) atoms. The van der Waals surface area contributed by atoms with Crippen LogP contribution in [0.15, 0.2) is 18.2 Å². The Hall–Kier alpha value is -0.604. The summed E-state index contributed by atoms with van der Waals surface area (Å²) in [4.78, 5) is 21.7. The van der Waals surface area contributed by atoms with E-state index in [1.165, 1.54) is 6.07 Å². The molecule has 1 aromatic carbocycles. The van der Waals surface area contributed by atoms with Crippen LogP contribution < -0.4 is 66.2 Å². The van der Waals surface area contributed by atoms with Crippen LogP contribution in [0.1, 0.15) is 11.8 Å². The molecule has 0 saturated heterocycles. The summed E-state index contributed by atoms with van der Waals surface area (Å²) in [5.74, 6) is -0.479. The second kappa shape index (κ2) is 6.36. The van der Waals surface area contributed by atoms with Crippen molar-refractivity contribution >= 4 is 11.9 Å². The van der Waals surface area contributed by atoms with Gasteiger partial charge in [0.1, 0.15) is 6.54 Å². The van der Waals surface area contributed by atoms with Crippen LogP contribution in [-0.4, -0.2) is 30.3 Å². The minimum absolute atomic E-state index is 0. The SMILES string of the molecule is O=C(O)CNC(=O)c1ccc2c(c1)OCO2.[H-].[K+]. The van der Waals surface area contributed by atoms with E-state index < -0.39 is 18.4 Å². The number of nitrogens with one attached hydrogen (secondary N) is 1. The van der Waals surface area contributed by atoms with Gasteiger partial charge in [-0.3, -0.25) is 9.59 Å². The third-order valence-electron chi connectivity index (χ3n) is 2.03. The van der Waals surface area contributed by atoms with Crippen LogP contribution in [0, 0.1) is 0 Å². The fourth-order valence-electron chi connectivity index (χ4n) is 1.30. The second-order valence-corrected chi connectivity index (χ2v) is 3.14. The van der Waals surface area contributed by atoms with Gasteiger partial charge in [-0.1, -0.05) is 0 Å². The van der Waals surface area contributed by atoms with Gasteiger partial charge < -0.3 is 21.3 Å². The Labute approximate surface area is 141 Å². The van der Waals surface area contributed by atoms with Gasteiger partial charge in [0, 0.05) is 5.56 Å². The van der Waals surface area contributed by atoms with Crippen LogP contribution in [0.2, 0.25) is 0 Å². The summed E-state index contributed by atoms with van der Waals surface area (Å²) in [6.45, 7) is -0.275. The largest absolute Gasteiger partial charge is 1.00 e. The van der Waals surface area contributed by atoms with Gasteiger partial charge in [0.2, 0.25) is 6.79 Å². The van der Waals surface area contributed by atoms with Crippen molar-refractivity contribution in [1.29, 1.82) is 0 Å². The molecule has 0 bridgehead atoms. The van der Waals surface area contributed by atoms with E-state index >= 15 is 0 Å². The minimum Gasteiger partial charge on any atom is -1.00 e. The van der Waals surface area contributed by atoms with E-state index in [4.69, 9.17) is 14.6 Å². The van der Waals surface area contributed by atoms with Gasteiger partial charge in [0.05, 0.1) is 0 Å². The molecule has 0 atom stereocenters. The number of hydrogen-bond acceptors (Lipinski definition) is 4. The fraction of sp³-hybridized carbons (Fsp3) is 0.200. The summed E-state index contributed by atoms with van der Waals surface area (Å²) in [6.07, 6.45) is 0. The van der Waals surface area contributed by atoms with Crippen molar-refractivity contribution in [3.05, 3.63) is 23.8 Å². The molecule has 2 rings (SSSR count). The molecule has 0 aliphatic carbocycles. The Kier molecular flexibility index (Phi) is 5.41. The average Bonchev–Trinajstić information content (AvgIpc) is 2.72. The van der Waals surface area contributed by atoms with Crippen LogP contribution in [0.5, 0.6) is 11.5 Å². The Balaban J connectivity index is 0.00000144. The summed E-state index contributed by atoms with van der Waals surface area (Å²) in [6, 6.07) is 4.67. The molecule has 2 N–H and O–H groups in total. The zero-order valence-electron chi connectivity index (χ0n) is 10.2. The maximum Gasteiger partial charge on any atom is 1.00 e. The zero-order chi connectivity index (χ0) is 11.5. The number of rotatable bonds is 3. The number of hydrogen-bond donors (Lipinski definition) is 2. The van der Waals surface area contributed by atoms with Gasteiger partial charge in [0.15, 0.2) is 11.5 Å². The Bertz CT molecular complexity index is 454. The molecule has 1 aliphatic heterocycles. The molecule has 0 radical (unpaired) electrons. The second-order valence-electron chi connectivity index (χ2n) is 3.14. The van der Waals surface area contributed by atoms with Crippen LogP contribution in [-0.2, 0) is 4.79 Å². The van der Waals surface area contributed by atoms with Crippen molar-refractivity contribution < 1.29 is 77.0 Å². The first-order valence-electron chi connectivity index (χ1n) is 4.56. The number of fused-ring (bicyclic) bond motifs is 1. The predicted octanol–water partition coefficient (Wildman–Crippen LogP) is -2.65. The predicted molar refractivity (Wildman–Crippen MR) is 53.6 cm³/mol. The molecule has 0 unspecified atom stereocenters. The number of carboxylic acid groups (broad SMARTS) is 1. The summed E-state index contributed by atoms with van der Waals surface area (Å²) < 4.78 is 10.2. The van der Waals surface area contributed by atoms with Crippen molar-refractivity contribution in [2.24, 2.45) is 0 Å². The average molecular weight is 263 g/mol.